The highest BCUT2D eigenvalue weighted by Gasteiger charge is 2.44. The molecule has 2 atom stereocenters. The normalized spacial score (nSPS) is 26.6. The Labute approximate surface area is 144 Å². The van der Waals surface area contributed by atoms with Crippen molar-refractivity contribution in [2.24, 2.45) is 5.92 Å². The molecule has 0 saturated carbocycles. The summed E-state index contributed by atoms with van der Waals surface area (Å²) < 4.78 is 55.0. The fourth-order valence-corrected chi connectivity index (χ4v) is 6.40. The zero-order valence-corrected chi connectivity index (χ0v) is 15.5. The second-order valence-corrected chi connectivity index (χ2v) is 10.6. The summed E-state index contributed by atoms with van der Waals surface area (Å²) in [6.45, 7) is 0.961. The zero-order chi connectivity index (χ0) is 17.5. The molecule has 0 amide bonds. The molecule has 0 unspecified atom stereocenters. The summed E-state index contributed by atoms with van der Waals surface area (Å²) in [7, 11) is -4.14. The molecule has 3 aliphatic rings. The van der Waals surface area contributed by atoms with Gasteiger partial charge >= 0.3 is 0 Å². The van der Waals surface area contributed by atoms with E-state index in [-0.39, 0.29) is 23.4 Å². The molecule has 4 rings (SSSR count). The van der Waals surface area contributed by atoms with Crippen LogP contribution < -0.4 is 0 Å². The molecule has 0 aliphatic carbocycles. The van der Waals surface area contributed by atoms with Gasteiger partial charge in [-0.05, 0) is 30.9 Å². The predicted octanol–water partition coefficient (Wildman–Crippen LogP) is 0.578. The molecule has 3 heterocycles. The van der Waals surface area contributed by atoms with Crippen LogP contribution in [0.2, 0.25) is 0 Å². The van der Waals surface area contributed by atoms with Gasteiger partial charge in [-0.15, -0.1) is 0 Å². The van der Waals surface area contributed by atoms with E-state index in [0.29, 0.717) is 19.5 Å². The summed E-state index contributed by atoms with van der Waals surface area (Å²) in [5.41, 5.74) is 0. The highest BCUT2D eigenvalue weighted by Crippen LogP contribution is 2.33. The Bertz CT molecular complexity index is 793. The monoisotopic (exact) mass is 373 g/mol. The number of hydrogen-bond acceptors (Lipinski definition) is 4. The van der Waals surface area contributed by atoms with Gasteiger partial charge < -0.3 is 0 Å². The Balaban J connectivity index is 1.92. The summed E-state index contributed by atoms with van der Waals surface area (Å²) in [6.07, 6.45) is 1.54. The van der Waals surface area contributed by atoms with E-state index >= 15 is 0 Å². The number of piperidine rings is 1. The van der Waals surface area contributed by atoms with Crippen molar-refractivity contribution in [3.63, 3.8) is 0 Å². The van der Waals surface area contributed by atoms with Crippen LogP contribution in [-0.2, 0) is 20.2 Å². The highest BCUT2D eigenvalue weighted by atomic mass is 32.2. The van der Waals surface area contributed by atoms with Crippen LogP contribution in [0.4, 0.5) is 0 Å². The second-order valence-electron chi connectivity index (χ2n) is 6.59. The molecule has 3 fully saturated rings. The van der Waals surface area contributed by atoms with Crippen molar-refractivity contribution < 1.29 is 16.8 Å². The van der Waals surface area contributed by atoms with Crippen molar-refractivity contribution in [3.05, 3.63) is 30.3 Å². The summed E-state index contributed by atoms with van der Waals surface area (Å²) in [5, 5.41) is 0. The fraction of sp³-hybridized carbons (Fsp3) is 0.600. The van der Waals surface area contributed by atoms with E-state index in [9.17, 15) is 16.8 Å². The molecule has 24 heavy (non-hydrogen) atoms. The maximum atomic E-state index is 13.0. The largest absolute Gasteiger partial charge is 0.281 e. The molecule has 9 heteroatoms. The van der Waals surface area contributed by atoms with Gasteiger partial charge in [0.25, 0.3) is 10.2 Å². The standard InChI is InChI=1S/C15H23N3O4S2/c1-16(2)24(21,22)17-10-13-8-9-14(12-17)18(11-13)23(19,20)15-6-4-3-5-7-15/h3-7,13-14H,8-12H2,1-2H3/t13-,14+/m0/s1. The molecule has 0 N–H and O–H groups in total. The minimum absolute atomic E-state index is 0.0250. The number of benzene rings is 1. The van der Waals surface area contributed by atoms with Gasteiger partial charge in [0, 0.05) is 39.8 Å². The Morgan fingerprint density at radius 1 is 0.958 bits per heavy atom. The Morgan fingerprint density at radius 3 is 2.25 bits per heavy atom. The Morgan fingerprint density at radius 2 is 1.62 bits per heavy atom. The molecule has 1 aromatic rings. The average molecular weight is 374 g/mol. The van der Waals surface area contributed by atoms with Crippen LogP contribution in [0.5, 0.6) is 0 Å². The first-order chi connectivity index (χ1) is 11.2. The summed E-state index contributed by atoms with van der Waals surface area (Å²) >= 11 is 0. The van der Waals surface area contributed by atoms with Gasteiger partial charge in [0.05, 0.1) is 4.90 Å². The molecule has 1 aromatic carbocycles. The van der Waals surface area contributed by atoms with Crippen molar-refractivity contribution in [2.45, 2.75) is 23.8 Å². The van der Waals surface area contributed by atoms with E-state index in [0.717, 1.165) is 6.42 Å². The van der Waals surface area contributed by atoms with E-state index < -0.39 is 20.2 Å². The minimum Gasteiger partial charge on any atom is -0.207 e. The number of hydrogen-bond donors (Lipinski definition) is 0. The van der Waals surface area contributed by atoms with E-state index in [2.05, 4.69) is 0 Å². The van der Waals surface area contributed by atoms with E-state index in [1.165, 1.54) is 27.0 Å². The lowest BCUT2D eigenvalue weighted by Crippen LogP contribution is -2.48. The number of fused-ring (bicyclic) bond motifs is 4. The van der Waals surface area contributed by atoms with Crippen molar-refractivity contribution >= 4 is 20.2 Å². The van der Waals surface area contributed by atoms with E-state index in [1.807, 2.05) is 0 Å². The van der Waals surface area contributed by atoms with Crippen molar-refractivity contribution in [1.82, 2.24) is 12.9 Å². The molecule has 0 aromatic heterocycles. The third kappa shape index (κ3) is 3.11. The van der Waals surface area contributed by atoms with Crippen LogP contribution >= 0.6 is 0 Å². The third-order valence-electron chi connectivity index (χ3n) is 4.77. The van der Waals surface area contributed by atoms with Crippen LogP contribution in [-0.4, -0.2) is 69.5 Å². The van der Waals surface area contributed by atoms with Crippen LogP contribution in [0, 0.1) is 5.92 Å². The van der Waals surface area contributed by atoms with Crippen molar-refractivity contribution in [1.29, 1.82) is 0 Å². The van der Waals surface area contributed by atoms with Crippen molar-refractivity contribution in [3.8, 4) is 0 Å². The molecule has 3 aliphatic heterocycles. The van der Waals surface area contributed by atoms with Gasteiger partial charge in [-0.1, -0.05) is 18.2 Å². The molecule has 7 nitrogen and oxygen atoms in total. The zero-order valence-electron chi connectivity index (χ0n) is 13.9. The Hall–Kier alpha value is -1.00. The lowest BCUT2D eigenvalue weighted by atomic mass is 9.97. The first-order valence-corrected chi connectivity index (χ1v) is 10.8. The van der Waals surface area contributed by atoms with E-state index in [1.54, 1.807) is 30.3 Å². The van der Waals surface area contributed by atoms with Crippen molar-refractivity contribution in [2.75, 3.05) is 33.7 Å². The predicted molar refractivity (Wildman–Crippen MR) is 91.0 cm³/mol. The average Bonchev–Trinajstić information content (AvgIpc) is 2.88. The minimum atomic E-state index is -3.61. The second kappa shape index (κ2) is 6.38. The van der Waals surface area contributed by atoms with Crippen LogP contribution in [0.3, 0.4) is 0 Å². The van der Waals surface area contributed by atoms with Gasteiger partial charge in [-0.2, -0.15) is 21.3 Å². The number of sulfonamides is 1. The smallest absolute Gasteiger partial charge is 0.207 e. The summed E-state index contributed by atoms with van der Waals surface area (Å²) in [5.74, 6) is 0.0250. The van der Waals surface area contributed by atoms with Crippen LogP contribution in [0.15, 0.2) is 35.2 Å². The van der Waals surface area contributed by atoms with Crippen LogP contribution in [0.1, 0.15) is 12.8 Å². The highest BCUT2D eigenvalue weighted by molar-refractivity contribution is 7.89. The molecule has 3 saturated heterocycles. The number of nitrogens with zero attached hydrogens (tertiary/aromatic N) is 3. The van der Waals surface area contributed by atoms with Gasteiger partial charge in [-0.25, -0.2) is 8.42 Å². The lowest BCUT2D eigenvalue weighted by molar-refractivity contribution is 0.230. The molecule has 2 bridgehead atoms. The summed E-state index contributed by atoms with van der Waals surface area (Å²) in [6, 6.07) is 8.03. The van der Waals surface area contributed by atoms with Crippen LogP contribution in [0.25, 0.3) is 0 Å². The quantitative estimate of drug-likeness (QED) is 0.773. The molecule has 0 spiro atoms. The third-order valence-corrected chi connectivity index (χ3v) is 8.57. The maximum absolute atomic E-state index is 13.0. The lowest BCUT2D eigenvalue weighted by Gasteiger charge is -2.35. The van der Waals surface area contributed by atoms with Gasteiger partial charge in [-0.3, -0.25) is 0 Å². The molecule has 134 valence electrons. The van der Waals surface area contributed by atoms with Gasteiger partial charge in [0.15, 0.2) is 0 Å². The number of rotatable bonds is 4. The summed E-state index contributed by atoms with van der Waals surface area (Å²) in [4.78, 5) is 0.263. The first-order valence-electron chi connectivity index (χ1n) is 7.97. The first kappa shape index (κ1) is 17.8. The Kier molecular flexibility index (Phi) is 4.73. The fourth-order valence-electron chi connectivity index (χ4n) is 3.44. The molecular formula is C15H23N3O4S2. The SMILES string of the molecule is CN(C)S(=O)(=O)N1C[C@@H]2CC[C@H](C1)N(S(=O)(=O)c1ccccc1)C2. The van der Waals surface area contributed by atoms with Gasteiger partial charge in [0.1, 0.15) is 0 Å². The maximum Gasteiger partial charge on any atom is 0.281 e. The molecular weight excluding hydrogens is 350 g/mol. The topological polar surface area (TPSA) is 78.0 Å². The van der Waals surface area contributed by atoms with Gasteiger partial charge in [0.2, 0.25) is 10.0 Å². The molecule has 0 radical (unpaired) electrons. The van der Waals surface area contributed by atoms with E-state index in [4.69, 9.17) is 0 Å².